The number of esters is 1. The Morgan fingerprint density at radius 2 is 1.50 bits per heavy atom. The zero-order valence-electron chi connectivity index (χ0n) is 9.13. The molecule has 0 aromatic carbocycles. The molecule has 0 saturated carbocycles. The normalized spacial score (nSPS) is 10.1. The van der Waals surface area contributed by atoms with Crippen molar-refractivity contribution in [3.8, 4) is 0 Å². The summed E-state index contributed by atoms with van der Waals surface area (Å²) in [6.45, 7) is 0. The van der Waals surface area contributed by atoms with E-state index in [1.807, 2.05) is 0 Å². The molecule has 0 bridgehead atoms. The molecule has 0 amide bonds. The van der Waals surface area contributed by atoms with Crippen LogP contribution in [0.1, 0.15) is 51.4 Å². The van der Waals surface area contributed by atoms with Crippen molar-refractivity contribution in [1.29, 1.82) is 0 Å². The van der Waals surface area contributed by atoms with E-state index in [4.69, 9.17) is 0 Å². The van der Waals surface area contributed by atoms with E-state index < -0.39 is 0 Å². The lowest BCUT2D eigenvalue weighted by atomic mass is 10.1. The third kappa shape index (κ3) is 9.90. The summed E-state index contributed by atoms with van der Waals surface area (Å²) in [5, 5.41) is 0. The minimum Gasteiger partial charge on any atom is -0.469 e. The molecule has 0 aliphatic heterocycles. The Hall–Kier alpha value is -0.180. The molecule has 0 unspecified atom stereocenters. The van der Waals surface area contributed by atoms with Gasteiger partial charge in [0.25, 0.3) is 0 Å². The second-order valence-corrected chi connectivity index (χ2v) is 3.97. The Bertz CT molecular complexity index is 137. The summed E-state index contributed by atoms with van der Waals surface area (Å²) in [5.74, 6) is 0.919. The fourth-order valence-electron chi connectivity index (χ4n) is 1.37. The summed E-state index contributed by atoms with van der Waals surface area (Å²) in [6.07, 6.45) is 9.05. The molecule has 84 valence electrons. The minimum absolute atomic E-state index is 0.0833. The van der Waals surface area contributed by atoms with Crippen molar-refractivity contribution in [2.75, 3.05) is 12.9 Å². The van der Waals surface area contributed by atoms with Gasteiger partial charge in [-0.3, -0.25) is 4.79 Å². The number of hydrogen-bond donors (Lipinski definition) is 1. The topological polar surface area (TPSA) is 26.3 Å². The molecule has 3 heteroatoms. The Kier molecular flexibility index (Phi) is 10.8. The number of carbonyl (C=O) groups is 1. The maximum Gasteiger partial charge on any atom is 0.305 e. The van der Waals surface area contributed by atoms with Crippen molar-refractivity contribution in [3.05, 3.63) is 0 Å². The molecule has 0 saturated heterocycles. The maximum absolute atomic E-state index is 10.8. The van der Waals surface area contributed by atoms with Gasteiger partial charge >= 0.3 is 5.97 Å². The fourth-order valence-corrected chi connectivity index (χ4v) is 1.59. The average molecular weight is 218 g/mol. The number of methoxy groups -OCH3 is 1. The number of hydrogen-bond acceptors (Lipinski definition) is 3. The molecule has 0 aliphatic rings. The molecule has 0 N–H and O–H groups in total. The lowest BCUT2D eigenvalue weighted by molar-refractivity contribution is -0.140. The first-order chi connectivity index (χ1) is 6.81. The first-order valence-electron chi connectivity index (χ1n) is 5.49. The van der Waals surface area contributed by atoms with Crippen LogP contribution in [0.25, 0.3) is 0 Å². The van der Waals surface area contributed by atoms with Gasteiger partial charge in [0, 0.05) is 6.42 Å². The number of thiol groups is 1. The van der Waals surface area contributed by atoms with Gasteiger partial charge in [0.05, 0.1) is 7.11 Å². The Morgan fingerprint density at radius 1 is 1.00 bits per heavy atom. The lowest BCUT2D eigenvalue weighted by Gasteiger charge is -2.00. The van der Waals surface area contributed by atoms with Gasteiger partial charge in [-0.15, -0.1) is 0 Å². The lowest BCUT2D eigenvalue weighted by Crippen LogP contribution is -1.99. The third-order valence-electron chi connectivity index (χ3n) is 2.27. The highest BCUT2D eigenvalue weighted by atomic mass is 32.1. The molecule has 0 rings (SSSR count). The van der Waals surface area contributed by atoms with Gasteiger partial charge in [0.2, 0.25) is 0 Å². The zero-order valence-corrected chi connectivity index (χ0v) is 10.0. The molecule has 0 aliphatic carbocycles. The fraction of sp³-hybridized carbons (Fsp3) is 0.909. The quantitative estimate of drug-likeness (QED) is 0.365. The minimum atomic E-state index is -0.0833. The van der Waals surface area contributed by atoms with Crippen molar-refractivity contribution in [2.45, 2.75) is 51.4 Å². The highest BCUT2D eigenvalue weighted by Gasteiger charge is 1.98. The predicted octanol–water partition coefficient (Wildman–Crippen LogP) is 3.21. The molecule has 0 fully saturated rings. The molecule has 0 aromatic rings. The zero-order chi connectivity index (χ0) is 10.6. The van der Waals surface area contributed by atoms with Gasteiger partial charge < -0.3 is 4.74 Å². The van der Waals surface area contributed by atoms with Crippen LogP contribution in [0, 0.1) is 0 Å². The first kappa shape index (κ1) is 13.8. The van der Waals surface area contributed by atoms with Gasteiger partial charge in [-0.05, 0) is 18.6 Å². The Balaban J connectivity index is 2.95. The van der Waals surface area contributed by atoms with Gasteiger partial charge in [-0.2, -0.15) is 12.6 Å². The molecule has 2 nitrogen and oxygen atoms in total. The molecule has 14 heavy (non-hydrogen) atoms. The van der Waals surface area contributed by atoms with Crippen LogP contribution in [-0.2, 0) is 9.53 Å². The highest BCUT2D eigenvalue weighted by Crippen LogP contribution is 2.09. The van der Waals surface area contributed by atoms with Crippen LogP contribution in [0.15, 0.2) is 0 Å². The summed E-state index contributed by atoms with van der Waals surface area (Å²) in [4.78, 5) is 10.8. The second-order valence-electron chi connectivity index (χ2n) is 3.52. The average Bonchev–Trinajstić information content (AvgIpc) is 2.21. The van der Waals surface area contributed by atoms with Gasteiger partial charge in [0.15, 0.2) is 0 Å². The molecular formula is C11H22O2S. The van der Waals surface area contributed by atoms with E-state index in [-0.39, 0.29) is 5.97 Å². The SMILES string of the molecule is COC(=O)CCCCCCCCCS. The van der Waals surface area contributed by atoms with E-state index in [1.165, 1.54) is 39.2 Å². The van der Waals surface area contributed by atoms with Gasteiger partial charge in [-0.25, -0.2) is 0 Å². The number of ether oxygens (including phenoxy) is 1. The van der Waals surface area contributed by atoms with Crippen LogP contribution in [0.3, 0.4) is 0 Å². The second kappa shape index (κ2) is 10.9. The molecule has 0 aromatic heterocycles. The molecule has 0 spiro atoms. The van der Waals surface area contributed by atoms with Crippen molar-refractivity contribution in [2.24, 2.45) is 0 Å². The highest BCUT2D eigenvalue weighted by molar-refractivity contribution is 7.80. The van der Waals surface area contributed by atoms with E-state index in [2.05, 4.69) is 17.4 Å². The molecule has 0 heterocycles. The van der Waals surface area contributed by atoms with Crippen LogP contribution in [0.4, 0.5) is 0 Å². The van der Waals surface area contributed by atoms with E-state index >= 15 is 0 Å². The van der Waals surface area contributed by atoms with Crippen molar-refractivity contribution < 1.29 is 9.53 Å². The van der Waals surface area contributed by atoms with Gasteiger partial charge in [-0.1, -0.05) is 32.1 Å². The van der Waals surface area contributed by atoms with Crippen LogP contribution < -0.4 is 0 Å². The van der Waals surface area contributed by atoms with E-state index in [9.17, 15) is 4.79 Å². The standard InChI is InChI=1S/C11H22O2S/c1-13-11(12)9-7-5-3-2-4-6-8-10-14/h14H,2-10H2,1H3. The summed E-state index contributed by atoms with van der Waals surface area (Å²) >= 11 is 4.16. The molecular weight excluding hydrogens is 196 g/mol. The largest absolute Gasteiger partial charge is 0.469 e. The number of carbonyl (C=O) groups excluding carboxylic acids is 1. The Labute approximate surface area is 92.8 Å². The van der Waals surface area contributed by atoms with Crippen molar-refractivity contribution in [3.63, 3.8) is 0 Å². The number of rotatable bonds is 9. The van der Waals surface area contributed by atoms with Crippen LogP contribution >= 0.6 is 12.6 Å². The van der Waals surface area contributed by atoms with Crippen molar-refractivity contribution in [1.82, 2.24) is 0 Å². The van der Waals surface area contributed by atoms with Crippen LogP contribution in [0.2, 0.25) is 0 Å². The van der Waals surface area contributed by atoms with E-state index in [0.717, 1.165) is 18.6 Å². The molecule has 0 atom stereocenters. The van der Waals surface area contributed by atoms with Crippen LogP contribution in [-0.4, -0.2) is 18.8 Å². The monoisotopic (exact) mass is 218 g/mol. The smallest absolute Gasteiger partial charge is 0.305 e. The van der Waals surface area contributed by atoms with Gasteiger partial charge in [0.1, 0.15) is 0 Å². The predicted molar refractivity (Wildman–Crippen MR) is 62.8 cm³/mol. The Morgan fingerprint density at radius 3 is 2.00 bits per heavy atom. The van der Waals surface area contributed by atoms with Crippen molar-refractivity contribution >= 4 is 18.6 Å². The number of unbranched alkanes of at least 4 members (excludes halogenated alkanes) is 6. The summed E-state index contributed by atoms with van der Waals surface area (Å²) in [6, 6.07) is 0. The summed E-state index contributed by atoms with van der Waals surface area (Å²) in [5.41, 5.74) is 0. The third-order valence-corrected chi connectivity index (χ3v) is 2.58. The summed E-state index contributed by atoms with van der Waals surface area (Å²) in [7, 11) is 1.44. The first-order valence-corrected chi connectivity index (χ1v) is 6.12. The van der Waals surface area contributed by atoms with E-state index in [1.54, 1.807) is 0 Å². The maximum atomic E-state index is 10.8. The van der Waals surface area contributed by atoms with Crippen LogP contribution in [0.5, 0.6) is 0 Å². The summed E-state index contributed by atoms with van der Waals surface area (Å²) < 4.78 is 4.56. The molecule has 0 radical (unpaired) electrons. The van der Waals surface area contributed by atoms with E-state index in [0.29, 0.717) is 6.42 Å².